The van der Waals surface area contributed by atoms with Gasteiger partial charge in [0.05, 0.1) is 7.11 Å². The fraction of sp³-hybridized carbons (Fsp3) is 0.533. The number of aliphatic hydroxyl groups is 1. The lowest BCUT2D eigenvalue weighted by Gasteiger charge is -2.36. The molecule has 2 atom stereocenters. The molecule has 1 aromatic rings. The summed E-state index contributed by atoms with van der Waals surface area (Å²) in [6.07, 6.45) is 2.72. The van der Waals surface area contributed by atoms with Gasteiger partial charge in [-0.1, -0.05) is 13.0 Å². The molecule has 1 aliphatic carbocycles. The topological polar surface area (TPSA) is 66.8 Å². The summed E-state index contributed by atoms with van der Waals surface area (Å²) in [6.45, 7) is 1.71. The van der Waals surface area contributed by atoms with Crippen LogP contribution in [0.1, 0.15) is 43.2 Å². The summed E-state index contributed by atoms with van der Waals surface area (Å²) in [5.74, 6) is -0.806. The molecule has 0 bridgehead atoms. The van der Waals surface area contributed by atoms with Crippen LogP contribution < -0.4 is 4.74 Å². The molecule has 0 amide bonds. The Morgan fingerprint density at radius 2 is 2.26 bits per heavy atom. The Morgan fingerprint density at radius 3 is 2.84 bits per heavy atom. The fourth-order valence-corrected chi connectivity index (χ4v) is 2.95. The second-order valence-corrected chi connectivity index (χ2v) is 5.09. The Morgan fingerprint density at radius 1 is 1.53 bits per heavy atom. The van der Waals surface area contributed by atoms with Crippen LogP contribution in [-0.4, -0.2) is 28.9 Å². The van der Waals surface area contributed by atoms with Crippen LogP contribution in [-0.2, 0) is 11.2 Å². The van der Waals surface area contributed by atoms with Gasteiger partial charge < -0.3 is 14.9 Å². The molecule has 0 aromatic heterocycles. The molecule has 4 nitrogen and oxygen atoms in total. The number of hydrogen-bond acceptors (Lipinski definition) is 3. The van der Waals surface area contributed by atoms with Gasteiger partial charge >= 0.3 is 5.97 Å². The number of carbonyl (C=O) groups is 1. The van der Waals surface area contributed by atoms with Gasteiger partial charge in [-0.25, -0.2) is 4.79 Å². The molecule has 0 aliphatic heterocycles. The first kappa shape index (κ1) is 13.9. The van der Waals surface area contributed by atoms with Crippen LogP contribution in [0, 0.1) is 0 Å². The van der Waals surface area contributed by atoms with Crippen LogP contribution in [0.2, 0.25) is 0 Å². The van der Waals surface area contributed by atoms with Crippen molar-refractivity contribution in [1.29, 1.82) is 0 Å². The molecule has 0 fully saturated rings. The second-order valence-electron chi connectivity index (χ2n) is 5.09. The Hall–Kier alpha value is -1.55. The van der Waals surface area contributed by atoms with Gasteiger partial charge in [-0.15, -0.1) is 0 Å². The fourth-order valence-electron chi connectivity index (χ4n) is 2.95. The zero-order valence-corrected chi connectivity index (χ0v) is 11.3. The third-order valence-electron chi connectivity index (χ3n) is 4.15. The molecule has 1 aromatic carbocycles. The molecule has 0 heterocycles. The molecular weight excluding hydrogens is 244 g/mol. The van der Waals surface area contributed by atoms with E-state index in [4.69, 9.17) is 4.74 Å². The summed E-state index contributed by atoms with van der Waals surface area (Å²) in [6, 6.07) is 5.72. The molecule has 2 N–H and O–H groups in total. The van der Waals surface area contributed by atoms with E-state index in [-0.39, 0.29) is 12.3 Å². The molecule has 19 heavy (non-hydrogen) atoms. The number of aryl methyl sites for hydroxylation is 1. The average Bonchev–Trinajstić information content (AvgIpc) is 2.44. The lowest BCUT2D eigenvalue weighted by atomic mass is 9.72. The van der Waals surface area contributed by atoms with Crippen molar-refractivity contribution in [3.05, 3.63) is 29.3 Å². The molecule has 1 aliphatic rings. The van der Waals surface area contributed by atoms with Crippen molar-refractivity contribution in [2.45, 2.75) is 44.1 Å². The Bertz CT molecular complexity index is 483. The van der Waals surface area contributed by atoms with Crippen LogP contribution in [0.3, 0.4) is 0 Å². The van der Waals surface area contributed by atoms with Gasteiger partial charge in [-0.2, -0.15) is 0 Å². The summed E-state index contributed by atoms with van der Waals surface area (Å²) in [7, 11) is 1.59. The van der Waals surface area contributed by atoms with E-state index in [0.29, 0.717) is 12.2 Å². The summed E-state index contributed by atoms with van der Waals surface area (Å²) in [4.78, 5) is 11.4. The van der Waals surface area contributed by atoms with E-state index in [2.05, 4.69) is 0 Å². The number of aliphatic carboxylic acids is 1. The third-order valence-corrected chi connectivity index (χ3v) is 4.15. The van der Waals surface area contributed by atoms with E-state index >= 15 is 0 Å². The van der Waals surface area contributed by atoms with Crippen molar-refractivity contribution in [1.82, 2.24) is 0 Å². The Labute approximate surface area is 113 Å². The standard InChI is InChI=1S/C15H20O4/c1-3-15(18,14(16)17)13-6-4-5-10-7-8-11(19-2)9-12(10)13/h7-9,13,18H,3-6H2,1-2H3,(H,16,17). The number of benzene rings is 1. The predicted molar refractivity (Wildman–Crippen MR) is 71.5 cm³/mol. The van der Waals surface area contributed by atoms with Crippen molar-refractivity contribution >= 4 is 5.97 Å². The highest BCUT2D eigenvalue weighted by Crippen LogP contribution is 2.42. The van der Waals surface area contributed by atoms with Crippen LogP contribution in [0.15, 0.2) is 18.2 Å². The van der Waals surface area contributed by atoms with Gasteiger partial charge in [-0.05, 0) is 48.9 Å². The van der Waals surface area contributed by atoms with E-state index < -0.39 is 11.6 Å². The molecule has 0 saturated heterocycles. The summed E-state index contributed by atoms with van der Waals surface area (Å²) in [5.41, 5.74) is 0.337. The lowest BCUT2D eigenvalue weighted by molar-refractivity contribution is -0.162. The Balaban J connectivity index is 2.48. The first-order valence-electron chi connectivity index (χ1n) is 6.65. The molecule has 2 unspecified atom stereocenters. The number of ether oxygens (including phenoxy) is 1. The maximum absolute atomic E-state index is 11.4. The molecule has 0 saturated carbocycles. The summed E-state index contributed by atoms with van der Waals surface area (Å²) >= 11 is 0. The molecule has 0 spiro atoms. The minimum atomic E-state index is -1.69. The van der Waals surface area contributed by atoms with Gasteiger partial charge in [0.15, 0.2) is 5.60 Å². The first-order chi connectivity index (χ1) is 9.02. The third kappa shape index (κ3) is 2.32. The molecule has 104 valence electrons. The number of carboxylic acids is 1. The van der Waals surface area contributed by atoms with E-state index in [9.17, 15) is 15.0 Å². The number of methoxy groups -OCH3 is 1. The second kappa shape index (κ2) is 5.21. The number of carboxylic acid groups (broad SMARTS) is 1. The monoisotopic (exact) mass is 264 g/mol. The highest BCUT2D eigenvalue weighted by Gasteiger charge is 2.44. The summed E-state index contributed by atoms with van der Waals surface area (Å²) in [5, 5.41) is 19.8. The highest BCUT2D eigenvalue weighted by atomic mass is 16.5. The first-order valence-corrected chi connectivity index (χ1v) is 6.65. The van der Waals surface area contributed by atoms with Crippen molar-refractivity contribution in [2.24, 2.45) is 0 Å². The van der Waals surface area contributed by atoms with Crippen molar-refractivity contribution in [3.8, 4) is 5.75 Å². The molecule has 0 radical (unpaired) electrons. The van der Waals surface area contributed by atoms with Crippen LogP contribution in [0.4, 0.5) is 0 Å². The van der Waals surface area contributed by atoms with E-state index in [1.807, 2.05) is 18.2 Å². The minimum absolute atomic E-state index is 0.198. The van der Waals surface area contributed by atoms with Crippen molar-refractivity contribution in [3.63, 3.8) is 0 Å². The van der Waals surface area contributed by atoms with E-state index in [1.54, 1.807) is 14.0 Å². The quantitative estimate of drug-likeness (QED) is 0.876. The lowest BCUT2D eigenvalue weighted by Crippen LogP contribution is -2.45. The smallest absolute Gasteiger partial charge is 0.336 e. The van der Waals surface area contributed by atoms with Gasteiger partial charge in [0, 0.05) is 5.92 Å². The van der Waals surface area contributed by atoms with Crippen LogP contribution in [0.25, 0.3) is 0 Å². The highest BCUT2D eigenvalue weighted by molar-refractivity contribution is 5.79. The largest absolute Gasteiger partial charge is 0.497 e. The number of hydrogen-bond donors (Lipinski definition) is 2. The van der Waals surface area contributed by atoms with Gasteiger partial charge in [0.1, 0.15) is 5.75 Å². The maximum Gasteiger partial charge on any atom is 0.336 e. The van der Waals surface area contributed by atoms with Gasteiger partial charge in [0.2, 0.25) is 0 Å². The molecule has 4 heteroatoms. The van der Waals surface area contributed by atoms with Gasteiger partial charge in [-0.3, -0.25) is 0 Å². The normalized spacial score (nSPS) is 21.3. The minimum Gasteiger partial charge on any atom is -0.497 e. The zero-order valence-electron chi connectivity index (χ0n) is 11.3. The number of rotatable bonds is 4. The van der Waals surface area contributed by atoms with Crippen LogP contribution in [0.5, 0.6) is 5.75 Å². The Kier molecular flexibility index (Phi) is 3.80. The molecular formula is C15H20O4. The maximum atomic E-state index is 11.4. The zero-order chi connectivity index (χ0) is 14.0. The van der Waals surface area contributed by atoms with Crippen molar-refractivity contribution < 1.29 is 19.7 Å². The summed E-state index contributed by atoms with van der Waals surface area (Å²) < 4.78 is 5.21. The average molecular weight is 264 g/mol. The SMILES string of the molecule is CCC(O)(C(=O)O)C1CCCc2ccc(OC)cc21. The predicted octanol–water partition coefficient (Wildman–Crippen LogP) is 2.34. The number of fused-ring (bicyclic) bond motifs is 1. The van der Waals surface area contributed by atoms with Crippen LogP contribution >= 0.6 is 0 Å². The van der Waals surface area contributed by atoms with E-state index in [1.165, 1.54) is 0 Å². The van der Waals surface area contributed by atoms with Crippen molar-refractivity contribution in [2.75, 3.05) is 7.11 Å². The molecule has 2 rings (SSSR count). The van der Waals surface area contributed by atoms with E-state index in [0.717, 1.165) is 24.0 Å². The van der Waals surface area contributed by atoms with Gasteiger partial charge in [0.25, 0.3) is 0 Å².